The van der Waals surface area contributed by atoms with E-state index in [1.54, 1.807) is 0 Å². The predicted molar refractivity (Wildman–Crippen MR) is 327 cm³/mol. The molecule has 2 aliphatic heterocycles. The van der Waals surface area contributed by atoms with E-state index in [4.69, 9.17) is 4.42 Å². The maximum Gasteiger partial charge on any atom is 0.333 e. The van der Waals surface area contributed by atoms with Gasteiger partial charge in [-0.1, -0.05) is 145 Å². The number of nitrogens with zero attached hydrogens (tertiary/aromatic N) is 2. The van der Waals surface area contributed by atoms with E-state index < -0.39 is 0 Å². The van der Waals surface area contributed by atoms with Gasteiger partial charge in [0.15, 0.2) is 0 Å². The zero-order valence-electron chi connectivity index (χ0n) is 46.7. The Hall–Kier alpha value is -6.56. The van der Waals surface area contributed by atoms with Crippen molar-refractivity contribution in [1.82, 2.24) is 4.57 Å². The molecule has 0 amide bonds. The molecule has 8 aromatic carbocycles. The molecule has 0 saturated heterocycles. The molecule has 5 aliphatic rings. The molecule has 11 aromatic rings. The molecule has 376 valence electrons. The van der Waals surface area contributed by atoms with Gasteiger partial charge in [-0.05, 0) is 180 Å². The number of hydrogen-bond acceptors (Lipinski definition) is 3. The summed E-state index contributed by atoms with van der Waals surface area (Å²) in [5.41, 5.74) is 26.8. The summed E-state index contributed by atoms with van der Waals surface area (Å²) in [4.78, 5) is 2.77. The minimum atomic E-state index is -0.212. The Morgan fingerprint density at radius 3 is 1.80 bits per heavy atom. The summed E-state index contributed by atoms with van der Waals surface area (Å²) in [6, 6.07) is 48.5. The zero-order valence-corrected chi connectivity index (χ0v) is 47.5. The summed E-state index contributed by atoms with van der Waals surface area (Å²) in [6.45, 7) is 31.7. The number of fused-ring (bicyclic) bond motifs is 21. The number of benzene rings is 8. The van der Waals surface area contributed by atoms with E-state index in [1.807, 2.05) is 11.3 Å². The minimum Gasteiger partial charge on any atom is -0.456 e. The first-order valence-electron chi connectivity index (χ1n) is 28.3. The highest BCUT2D eigenvalue weighted by Gasteiger charge is 2.50. The molecule has 3 nitrogen and oxygen atoms in total. The first-order valence-corrected chi connectivity index (χ1v) is 29.1. The Kier molecular flexibility index (Phi) is 8.48. The summed E-state index contributed by atoms with van der Waals surface area (Å²) < 4.78 is 12.4. The van der Waals surface area contributed by atoms with E-state index >= 15 is 0 Å². The third kappa shape index (κ3) is 5.66. The van der Waals surface area contributed by atoms with Gasteiger partial charge in [0.2, 0.25) is 0 Å². The minimum absolute atomic E-state index is 0.00898. The van der Waals surface area contributed by atoms with Crippen molar-refractivity contribution in [3.05, 3.63) is 160 Å². The van der Waals surface area contributed by atoms with E-state index in [1.165, 1.54) is 150 Å². The number of furan rings is 1. The van der Waals surface area contributed by atoms with Crippen LogP contribution in [0.25, 0.3) is 91.9 Å². The molecule has 5 heteroatoms. The van der Waals surface area contributed by atoms with Gasteiger partial charge in [-0.15, -0.1) is 11.3 Å². The van der Waals surface area contributed by atoms with Gasteiger partial charge in [0.1, 0.15) is 11.2 Å². The average Bonchev–Trinajstić information content (AvgIpc) is 4.25. The summed E-state index contributed by atoms with van der Waals surface area (Å²) in [5.74, 6) is 0. The van der Waals surface area contributed by atoms with Crippen LogP contribution in [0.15, 0.2) is 126 Å². The molecule has 0 bridgehead atoms. The lowest BCUT2D eigenvalue weighted by atomic mass is 9.43. The summed E-state index contributed by atoms with van der Waals surface area (Å²) in [5, 5.41) is 7.84. The molecule has 16 rings (SSSR count). The van der Waals surface area contributed by atoms with Crippen LogP contribution in [0.4, 0.5) is 11.4 Å². The Balaban J connectivity index is 1.12. The van der Waals surface area contributed by atoms with E-state index in [2.05, 4.69) is 221 Å². The van der Waals surface area contributed by atoms with Crippen LogP contribution in [0.1, 0.15) is 155 Å². The van der Waals surface area contributed by atoms with Crippen molar-refractivity contribution in [1.29, 1.82) is 0 Å². The first kappa shape index (κ1) is 45.6. The van der Waals surface area contributed by atoms with Gasteiger partial charge in [-0.25, -0.2) is 0 Å². The first-order chi connectivity index (χ1) is 36.0. The Bertz CT molecular complexity index is 4480. The average molecular weight is 1010 g/mol. The quantitative estimate of drug-likeness (QED) is 0.153. The number of hydrogen-bond donors (Lipinski definition) is 0. The van der Waals surface area contributed by atoms with Crippen molar-refractivity contribution in [2.75, 3.05) is 4.81 Å². The Morgan fingerprint density at radius 2 is 1.11 bits per heavy atom. The molecular formula is C71H67BN2OS. The van der Waals surface area contributed by atoms with Crippen LogP contribution in [-0.4, -0.2) is 11.4 Å². The van der Waals surface area contributed by atoms with Gasteiger partial charge in [-0.3, -0.25) is 0 Å². The molecule has 0 fully saturated rings. The smallest absolute Gasteiger partial charge is 0.333 e. The van der Waals surface area contributed by atoms with Crippen molar-refractivity contribution >= 4 is 104 Å². The monoisotopic (exact) mass is 1010 g/mol. The fraction of sp³-hybridized carbons (Fsp3) is 0.324. The molecule has 0 spiro atoms. The zero-order chi connectivity index (χ0) is 52.3. The maximum atomic E-state index is 6.96. The van der Waals surface area contributed by atoms with E-state index in [0.717, 1.165) is 28.4 Å². The third-order valence-electron chi connectivity index (χ3n) is 20.4. The lowest BCUT2D eigenvalue weighted by molar-refractivity contribution is 0.331. The molecule has 76 heavy (non-hydrogen) atoms. The summed E-state index contributed by atoms with van der Waals surface area (Å²) in [6.07, 6.45) is 4.72. The number of rotatable bonds is 1. The molecule has 0 radical (unpaired) electrons. The van der Waals surface area contributed by atoms with Crippen LogP contribution in [0.2, 0.25) is 0 Å². The molecule has 5 heterocycles. The molecule has 0 N–H and O–H groups in total. The number of para-hydroxylation sites is 1. The maximum absolute atomic E-state index is 6.96. The highest BCUT2D eigenvalue weighted by molar-refractivity contribution is 7.27. The standard InChI is InChI=1S/C71H67BN2OS/c1-66(2,3)38-22-24-39(25-23-38)74-55-33-43-42-30-49-51(69(8,9)28-26-67(49,4)5)35-48(42)71(12,13)47(43)31-46(55)62-63-64-60(61-41-19-15-17-21-59(41)76-65(61)62)45-32-50-52(70(10,11)29-27-68(50,6)7)36-54(45)73(64)56-34-44-40-18-14-16-20-57(40)75-58(44)37-53(56)72(63)74/h14-25,30-37H,26-29H2,1-13H3. The second-order valence-electron chi connectivity index (χ2n) is 28.2. The highest BCUT2D eigenvalue weighted by Crippen LogP contribution is 2.60. The lowest BCUT2D eigenvalue weighted by Gasteiger charge is -2.43. The number of thiophene rings is 1. The van der Waals surface area contributed by atoms with Crippen LogP contribution < -0.4 is 15.7 Å². The molecule has 0 atom stereocenters. The van der Waals surface area contributed by atoms with Gasteiger partial charge in [0, 0.05) is 75.3 Å². The lowest BCUT2D eigenvalue weighted by Crippen LogP contribution is -2.60. The summed E-state index contributed by atoms with van der Waals surface area (Å²) >= 11 is 2.01. The van der Waals surface area contributed by atoms with Gasteiger partial charge >= 0.3 is 6.85 Å². The predicted octanol–water partition coefficient (Wildman–Crippen LogP) is 18.6. The number of anilines is 2. The van der Waals surface area contributed by atoms with Crippen LogP contribution >= 0.6 is 11.3 Å². The topological polar surface area (TPSA) is 21.3 Å². The van der Waals surface area contributed by atoms with Crippen molar-refractivity contribution in [3.8, 4) is 27.9 Å². The highest BCUT2D eigenvalue weighted by atomic mass is 32.1. The van der Waals surface area contributed by atoms with Gasteiger partial charge in [0.25, 0.3) is 0 Å². The SMILES string of the molecule is CC(C)(C)c1ccc(N2B3c4cc5oc6ccccc6c5cc4-n4c5cc6c(cc5c5c7c(sc8ccccc87)c(c3c54)-c3cc4c(cc32)-c2cc3c(cc2C4(C)C)C(C)(C)CCC3(C)C)C(C)(C)CCC6(C)C)cc1. The largest absolute Gasteiger partial charge is 0.456 e. The second-order valence-corrected chi connectivity index (χ2v) is 29.2. The molecule has 3 aliphatic carbocycles. The normalized spacial score (nSPS) is 18.9. The molecule has 3 aromatic heterocycles. The Labute approximate surface area is 452 Å². The van der Waals surface area contributed by atoms with Crippen molar-refractivity contribution in [2.24, 2.45) is 0 Å². The molecule has 0 saturated carbocycles. The fourth-order valence-corrected chi connectivity index (χ4v) is 17.0. The van der Waals surface area contributed by atoms with E-state index in [-0.39, 0.29) is 39.3 Å². The van der Waals surface area contributed by atoms with Gasteiger partial charge in [0.05, 0.1) is 11.0 Å². The van der Waals surface area contributed by atoms with Gasteiger partial charge < -0.3 is 13.8 Å². The second kappa shape index (κ2) is 14.1. The third-order valence-corrected chi connectivity index (χ3v) is 21.6. The molecule has 0 unspecified atom stereocenters. The Morgan fingerprint density at radius 1 is 0.513 bits per heavy atom. The van der Waals surface area contributed by atoms with Crippen LogP contribution in [-0.2, 0) is 32.5 Å². The van der Waals surface area contributed by atoms with Crippen molar-refractivity contribution < 1.29 is 4.42 Å². The fourth-order valence-electron chi connectivity index (χ4n) is 15.7. The van der Waals surface area contributed by atoms with E-state index in [0.29, 0.717) is 0 Å². The molecular weight excluding hydrogens is 940 g/mol. The van der Waals surface area contributed by atoms with Crippen molar-refractivity contribution in [3.63, 3.8) is 0 Å². The van der Waals surface area contributed by atoms with Crippen LogP contribution in [0.5, 0.6) is 0 Å². The van der Waals surface area contributed by atoms with Crippen LogP contribution in [0.3, 0.4) is 0 Å². The van der Waals surface area contributed by atoms with E-state index in [9.17, 15) is 0 Å². The summed E-state index contributed by atoms with van der Waals surface area (Å²) in [7, 11) is 0. The number of aromatic nitrogens is 1. The van der Waals surface area contributed by atoms with Crippen LogP contribution in [0, 0.1) is 0 Å². The van der Waals surface area contributed by atoms with Gasteiger partial charge in [-0.2, -0.15) is 0 Å². The van der Waals surface area contributed by atoms with Crippen molar-refractivity contribution in [2.45, 2.75) is 148 Å².